The summed E-state index contributed by atoms with van der Waals surface area (Å²) in [6, 6.07) is 0. The average molecular weight is 286 g/mol. The number of ether oxygens (including phenoxy) is 2. The van der Waals surface area contributed by atoms with Gasteiger partial charge in [-0.1, -0.05) is 53.4 Å². The molecule has 0 saturated carbocycles. The highest BCUT2D eigenvalue weighted by atomic mass is 16.5. The van der Waals surface area contributed by atoms with Crippen LogP contribution in [0.15, 0.2) is 0 Å². The molecule has 0 saturated heterocycles. The first kappa shape index (κ1) is 18.9. The van der Waals surface area contributed by atoms with Crippen molar-refractivity contribution < 1.29 is 19.1 Å². The molecule has 0 aromatic heterocycles. The Morgan fingerprint density at radius 1 is 0.750 bits per heavy atom. The number of esters is 2. The normalized spacial score (nSPS) is 13.6. The van der Waals surface area contributed by atoms with Crippen LogP contribution >= 0.6 is 0 Å². The number of unbranched alkanes of at least 4 members (excludes halogenated alkanes) is 4. The Kier molecular flexibility index (Phi) is 11.1. The summed E-state index contributed by atoms with van der Waals surface area (Å²) < 4.78 is 10.3. The van der Waals surface area contributed by atoms with Crippen molar-refractivity contribution in [2.45, 2.75) is 66.2 Å². The molecule has 0 amide bonds. The summed E-state index contributed by atoms with van der Waals surface area (Å²) in [4.78, 5) is 23.6. The standard InChI is InChI=1S/C16H30O4/c1-5-7-9-11-19-15(17)13(3)14(4)16(18)20-12-10-8-6-2/h13-14H,5-12H2,1-4H3. The number of carbonyl (C=O) groups is 2. The van der Waals surface area contributed by atoms with E-state index in [9.17, 15) is 9.59 Å². The van der Waals surface area contributed by atoms with Gasteiger partial charge in [0.05, 0.1) is 25.0 Å². The Bertz CT molecular complexity index is 248. The van der Waals surface area contributed by atoms with E-state index in [1.807, 2.05) is 0 Å². The van der Waals surface area contributed by atoms with Crippen LogP contribution in [0.25, 0.3) is 0 Å². The van der Waals surface area contributed by atoms with Crippen LogP contribution in [0.3, 0.4) is 0 Å². The first-order valence-electron chi connectivity index (χ1n) is 7.87. The fourth-order valence-corrected chi connectivity index (χ4v) is 1.72. The Labute approximate surface area is 123 Å². The van der Waals surface area contributed by atoms with Crippen molar-refractivity contribution in [3.8, 4) is 0 Å². The molecule has 0 aromatic carbocycles. The third-order valence-corrected chi connectivity index (χ3v) is 3.48. The molecular formula is C16H30O4. The summed E-state index contributed by atoms with van der Waals surface area (Å²) in [5.41, 5.74) is 0. The zero-order valence-corrected chi connectivity index (χ0v) is 13.4. The number of hydrogen-bond donors (Lipinski definition) is 0. The van der Waals surface area contributed by atoms with E-state index in [2.05, 4.69) is 13.8 Å². The molecule has 0 aliphatic carbocycles. The monoisotopic (exact) mass is 286 g/mol. The van der Waals surface area contributed by atoms with E-state index in [0.717, 1.165) is 38.5 Å². The van der Waals surface area contributed by atoms with Gasteiger partial charge in [-0.05, 0) is 12.8 Å². The van der Waals surface area contributed by atoms with Crippen molar-refractivity contribution in [2.24, 2.45) is 11.8 Å². The lowest BCUT2D eigenvalue weighted by molar-refractivity contribution is -0.159. The molecule has 0 aliphatic rings. The van der Waals surface area contributed by atoms with Gasteiger partial charge in [0.25, 0.3) is 0 Å². The Hall–Kier alpha value is -1.06. The van der Waals surface area contributed by atoms with Crippen molar-refractivity contribution >= 4 is 11.9 Å². The van der Waals surface area contributed by atoms with E-state index in [0.29, 0.717) is 13.2 Å². The summed E-state index contributed by atoms with van der Waals surface area (Å²) in [7, 11) is 0. The van der Waals surface area contributed by atoms with Gasteiger partial charge >= 0.3 is 11.9 Å². The largest absolute Gasteiger partial charge is 0.465 e. The molecule has 4 heteroatoms. The molecule has 0 fully saturated rings. The second-order valence-electron chi connectivity index (χ2n) is 5.33. The lowest BCUT2D eigenvalue weighted by Gasteiger charge is -2.17. The minimum Gasteiger partial charge on any atom is -0.465 e. The molecule has 0 bridgehead atoms. The van der Waals surface area contributed by atoms with E-state index in [1.54, 1.807) is 13.8 Å². The fourth-order valence-electron chi connectivity index (χ4n) is 1.72. The Morgan fingerprint density at radius 2 is 1.10 bits per heavy atom. The van der Waals surface area contributed by atoms with Crippen LogP contribution < -0.4 is 0 Å². The van der Waals surface area contributed by atoms with Gasteiger partial charge in [-0.25, -0.2) is 0 Å². The number of hydrogen-bond acceptors (Lipinski definition) is 4. The Morgan fingerprint density at radius 3 is 1.40 bits per heavy atom. The smallest absolute Gasteiger partial charge is 0.309 e. The second-order valence-corrected chi connectivity index (χ2v) is 5.33. The maximum Gasteiger partial charge on any atom is 0.309 e. The first-order valence-corrected chi connectivity index (χ1v) is 7.87. The lowest BCUT2D eigenvalue weighted by Crippen LogP contribution is -2.29. The topological polar surface area (TPSA) is 52.6 Å². The van der Waals surface area contributed by atoms with E-state index >= 15 is 0 Å². The zero-order valence-electron chi connectivity index (χ0n) is 13.4. The van der Waals surface area contributed by atoms with E-state index in [1.165, 1.54) is 0 Å². The summed E-state index contributed by atoms with van der Waals surface area (Å²) in [6.07, 6.45) is 6.05. The number of carbonyl (C=O) groups excluding carboxylic acids is 2. The van der Waals surface area contributed by atoms with Crippen molar-refractivity contribution in [2.75, 3.05) is 13.2 Å². The fraction of sp³-hybridized carbons (Fsp3) is 0.875. The molecule has 20 heavy (non-hydrogen) atoms. The predicted octanol–water partition coefficient (Wildman–Crippen LogP) is 3.73. The molecule has 2 unspecified atom stereocenters. The molecule has 0 spiro atoms. The minimum atomic E-state index is -0.449. The third-order valence-electron chi connectivity index (χ3n) is 3.48. The van der Waals surface area contributed by atoms with E-state index < -0.39 is 11.8 Å². The van der Waals surface area contributed by atoms with Crippen LogP contribution in [0.1, 0.15) is 66.2 Å². The first-order chi connectivity index (χ1) is 9.54. The van der Waals surface area contributed by atoms with Gasteiger partial charge < -0.3 is 9.47 Å². The van der Waals surface area contributed by atoms with Gasteiger partial charge in [0.1, 0.15) is 0 Å². The van der Waals surface area contributed by atoms with Crippen LogP contribution in [0.2, 0.25) is 0 Å². The lowest BCUT2D eigenvalue weighted by atomic mass is 9.96. The molecule has 118 valence electrons. The summed E-state index contributed by atoms with van der Waals surface area (Å²) in [5, 5.41) is 0. The maximum absolute atomic E-state index is 11.8. The third kappa shape index (κ3) is 8.18. The van der Waals surface area contributed by atoms with Crippen molar-refractivity contribution in [3.63, 3.8) is 0 Å². The molecule has 0 radical (unpaired) electrons. The minimum absolute atomic E-state index is 0.306. The van der Waals surface area contributed by atoms with Crippen LogP contribution in [0.5, 0.6) is 0 Å². The molecule has 0 rings (SSSR count). The van der Waals surface area contributed by atoms with Gasteiger partial charge in [-0.3, -0.25) is 9.59 Å². The van der Waals surface area contributed by atoms with Crippen molar-refractivity contribution in [1.29, 1.82) is 0 Å². The molecular weight excluding hydrogens is 256 g/mol. The predicted molar refractivity (Wildman–Crippen MR) is 79.3 cm³/mol. The number of rotatable bonds is 11. The van der Waals surface area contributed by atoms with Crippen LogP contribution in [-0.2, 0) is 19.1 Å². The zero-order chi connectivity index (χ0) is 15.4. The van der Waals surface area contributed by atoms with Gasteiger partial charge in [-0.2, -0.15) is 0 Å². The van der Waals surface area contributed by atoms with E-state index in [4.69, 9.17) is 9.47 Å². The quantitative estimate of drug-likeness (QED) is 0.429. The molecule has 0 heterocycles. The molecule has 2 atom stereocenters. The summed E-state index contributed by atoms with van der Waals surface area (Å²) >= 11 is 0. The van der Waals surface area contributed by atoms with Crippen LogP contribution in [-0.4, -0.2) is 25.2 Å². The summed E-state index contributed by atoms with van der Waals surface area (Å²) in [5.74, 6) is -1.51. The highest BCUT2D eigenvalue weighted by molar-refractivity contribution is 5.81. The van der Waals surface area contributed by atoms with Crippen molar-refractivity contribution in [1.82, 2.24) is 0 Å². The molecule has 4 nitrogen and oxygen atoms in total. The highest BCUT2D eigenvalue weighted by Gasteiger charge is 2.28. The Balaban J connectivity index is 3.95. The molecule has 0 aliphatic heterocycles. The summed E-state index contributed by atoms with van der Waals surface area (Å²) in [6.45, 7) is 8.52. The highest BCUT2D eigenvalue weighted by Crippen LogP contribution is 2.15. The second kappa shape index (κ2) is 11.7. The van der Waals surface area contributed by atoms with Crippen molar-refractivity contribution in [3.05, 3.63) is 0 Å². The SMILES string of the molecule is CCCCCOC(=O)C(C)C(C)C(=O)OCCCCC. The average Bonchev–Trinajstić information content (AvgIpc) is 2.46. The molecule has 0 N–H and O–H groups in total. The maximum atomic E-state index is 11.8. The van der Waals surface area contributed by atoms with Crippen LogP contribution in [0, 0.1) is 11.8 Å². The van der Waals surface area contributed by atoms with Gasteiger partial charge in [0.15, 0.2) is 0 Å². The van der Waals surface area contributed by atoms with E-state index in [-0.39, 0.29) is 11.9 Å². The molecule has 0 aromatic rings. The van der Waals surface area contributed by atoms with Gasteiger partial charge in [0, 0.05) is 0 Å². The van der Waals surface area contributed by atoms with Gasteiger partial charge in [0.2, 0.25) is 0 Å². The van der Waals surface area contributed by atoms with Gasteiger partial charge in [-0.15, -0.1) is 0 Å². The van der Waals surface area contributed by atoms with Crippen LogP contribution in [0.4, 0.5) is 0 Å².